The van der Waals surface area contributed by atoms with Crippen molar-refractivity contribution in [2.24, 2.45) is 0 Å². The third-order valence-electron chi connectivity index (χ3n) is 3.07. The van der Waals surface area contributed by atoms with Gasteiger partial charge in [-0.25, -0.2) is 0 Å². The molecule has 1 heterocycles. The van der Waals surface area contributed by atoms with Crippen LogP contribution in [-0.4, -0.2) is 17.4 Å². The van der Waals surface area contributed by atoms with Gasteiger partial charge in [-0.3, -0.25) is 4.79 Å². The molecule has 4 heteroatoms. The topological polar surface area (TPSA) is 70.9 Å². The van der Waals surface area contributed by atoms with Crippen molar-refractivity contribution >= 4 is 11.6 Å². The smallest absolute Gasteiger partial charge is 0.267 e. The average Bonchev–Trinajstić information content (AvgIpc) is 2.77. The highest BCUT2D eigenvalue weighted by molar-refractivity contribution is 5.93. The number of anilines is 1. The highest BCUT2D eigenvalue weighted by Crippen LogP contribution is 2.19. The van der Waals surface area contributed by atoms with Gasteiger partial charge in [-0.05, 0) is 38.2 Å². The Morgan fingerprint density at radius 1 is 1.47 bits per heavy atom. The van der Waals surface area contributed by atoms with Crippen molar-refractivity contribution in [3.8, 4) is 0 Å². The number of nitrogen functional groups attached to an aromatic ring is 1. The van der Waals surface area contributed by atoms with Crippen molar-refractivity contribution in [2.75, 3.05) is 12.3 Å². The Balaban J connectivity index is 1.75. The molecule has 17 heavy (non-hydrogen) atoms. The minimum absolute atomic E-state index is 0.0851. The second kappa shape index (κ2) is 5.57. The van der Waals surface area contributed by atoms with Gasteiger partial charge in [0.25, 0.3) is 5.91 Å². The summed E-state index contributed by atoms with van der Waals surface area (Å²) in [6, 6.07) is 1.65. The normalized spacial score (nSPS) is 15.4. The van der Waals surface area contributed by atoms with E-state index in [9.17, 15) is 4.79 Å². The van der Waals surface area contributed by atoms with Gasteiger partial charge in [0.2, 0.25) is 0 Å². The van der Waals surface area contributed by atoms with E-state index in [2.05, 4.69) is 16.4 Å². The molecule has 0 bridgehead atoms. The monoisotopic (exact) mass is 233 g/mol. The third kappa shape index (κ3) is 3.37. The fraction of sp³-hybridized carbons (Fsp3) is 0.462. The molecule has 0 radical (unpaired) electrons. The van der Waals surface area contributed by atoms with Crippen molar-refractivity contribution in [1.29, 1.82) is 0 Å². The van der Waals surface area contributed by atoms with Gasteiger partial charge in [0.05, 0.1) is 0 Å². The maximum atomic E-state index is 11.7. The van der Waals surface area contributed by atoms with E-state index in [1.807, 2.05) is 0 Å². The van der Waals surface area contributed by atoms with E-state index in [1.165, 1.54) is 31.3 Å². The molecule has 0 saturated carbocycles. The first-order chi connectivity index (χ1) is 8.25. The summed E-state index contributed by atoms with van der Waals surface area (Å²) in [6.07, 6.45) is 9.86. The number of hydrogen-bond acceptors (Lipinski definition) is 2. The summed E-state index contributed by atoms with van der Waals surface area (Å²) < 4.78 is 0. The van der Waals surface area contributed by atoms with Crippen LogP contribution in [0.3, 0.4) is 0 Å². The maximum absolute atomic E-state index is 11.7. The Morgan fingerprint density at radius 2 is 2.35 bits per heavy atom. The zero-order valence-corrected chi connectivity index (χ0v) is 9.96. The largest absolute Gasteiger partial charge is 0.397 e. The van der Waals surface area contributed by atoms with E-state index in [4.69, 9.17) is 5.73 Å². The molecule has 92 valence electrons. The van der Waals surface area contributed by atoms with Crippen LogP contribution in [0.15, 0.2) is 23.9 Å². The molecule has 0 spiro atoms. The number of hydrogen-bond donors (Lipinski definition) is 3. The van der Waals surface area contributed by atoms with Gasteiger partial charge in [0.15, 0.2) is 0 Å². The zero-order valence-electron chi connectivity index (χ0n) is 9.96. The molecule has 0 fully saturated rings. The van der Waals surface area contributed by atoms with Crippen LogP contribution in [0.2, 0.25) is 0 Å². The van der Waals surface area contributed by atoms with Crippen LogP contribution in [0.4, 0.5) is 5.69 Å². The number of allylic oxidation sites excluding steroid dienone is 1. The molecule has 2 rings (SSSR count). The van der Waals surface area contributed by atoms with Gasteiger partial charge in [-0.1, -0.05) is 11.6 Å². The predicted molar refractivity (Wildman–Crippen MR) is 68.7 cm³/mol. The van der Waals surface area contributed by atoms with Crippen LogP contribution in [-0.2, 0) is 0 Å². The Morgan fingerprint density at radius 3 is 3.00 bits per heavy atom. The summed E-state index contributed by atoms with van der Waals surface area (Å²) in [6.45, 7) is 0.698. The first-order valence-corrected chi connectivity index (χ1v) is 6.16. The van der Waals surface area contributed by atoms with Crippen molar-refractivity contribution in [2.45, 2.75) is 32.1 Å². The minimum Gasteiger partial charge on any atom is -0.397 e. The summed E-state index contributed by atoms with van der Waals surface area (Å²) in [5, 5.41) is 2.89. The third-order valence-corrected chi connectivity index (χ3v) is 3.07. The van der Waals surface area contributed by atoms with Crippen LogP contribution in [0, 0.1) is 0 Å². The van der Waals surface area contributed by atoms with E-state index in [0.29, 0.717) is 17.9 Å². The number of nitrogens with two attached hydrogens (primary N) is 1. The van der Waals surface area contributed by atoms with Gasteiger partial charge >= 0.3 is 0 Å². The van der Waals surface area contributed by atoms with Crippen molar-refractivity contribution < 1.29 is 4.79 Å². The van der Waals surface area contributed by atoms with Crippen molar-refractivity contribution in [3.05, 3.63) is 29.6 Å². The molecule has 4 nitrogen and oxygen atoms in total. The van der Waals surface area contributed by atoms with E-state index in [1.54, 1.807) is 12.3 Å². The lowest BCUT2D eigenvalue weighted by atomic mass is 9.97. The summed E-state index contributed by atoms with van der Waals surface area (Å²) in [5.74, 6) is -0.0851. The maximum Gasteiger partial charge on any atom is 0.267 e. The minimum atomic E-state index is -0.0851. The lowest BCUT2D eigenvalue weighted by molar-refractivity contribution is 0.0949. The molecule has 0 atom stereocenters. The van der Waals surface area contributed by atoms with Gasteiger partial charge in [0.1, 0.15) is 5.69 Å². The summed E-state index contributed by atoms with van der Waals surface area (Å²) >= 11 is 0. The molecule has 1 aliphatic rings. The lowest BCUT2D eigenvalue weighted by Gasteiger charge is -2.12. The number of carbonyl (C=O) groups excluding carboxylic acids is 1. The Bertz CT molecular complexity index is 420. The first-order valence-electron chi connectivity index (χ1n) is 6.16. The zero-order chi connectivity index (χ0) is 12.1. The van der Waals surface area contributed by atoms with Crippen LogP contribution in [0.5, 0.6) is 0 Å². The number of carbonyl (C=O) groups is 1. The molecular formula is C13H19N3O. The Kier molecular flexibility index (Phi) is 3.85. The van der Waals surface area contributed by atoms with E-state index < -0.39 is 0 Å². The SMILES string of the molecule is Nc1c[nH]c(C(=O)NCCC2=CCCCC2)c1. The molecule has 4 N–H and O–H groups in total. The van der Waals surface area contributed by atoms with E-state index in [-0.39, 0.29) is 5.91 Å². The number of rotatable bonds is 4. The van der Waals surface area contributed by atoms with Gasteiger partial charge in [-0.2, -0.15) is 0 Å². The second-order valence-electron chi connectivity index (χ2n) is 4.46. The van der Waals surface area contributed by atoms with Gasteiger partial charge in [-0.15, -0.1) is 0 Å². The van der Waals surface area contributed by atoms with E-state index in [0.717, 1.165) is 6.42 Å². The highest BCUT2D eigenvalue weighted by Gasteiger charge is 2.08. The van der Waals surface area contributed by atoms with Crippen LogP contribution in [0.25, 0.3) is 0 Å². The standard InChI is InChI=1S/C13H19N3O/c14-11-8-12(16-9-11)13(17)15-7-6-10-4-2-1-3-5-10/h4,8-9,16H,1-3,5-7,14H2,(H,15,17). The van der Waals surface area contributed by atoms with E-state index >= 15 is 0 Å². The quantitative estimate of drug-likeness (QED) is 0.698. The highest BCUT2D eigenvalue weighted by atomic mass is 16.1. The molecule has 1 aliphatic carbocycles. The molecule has 1 amide bonds. The molecule has 1 aromatic heterocycles. The average molecular weight is 233 g/mol. The lowest BCUT2D eigenvalue weighted by Crippen LogP contribution is -2.25. The van der Waals surface area contributed by atoms with Crippen LogP contribution < -0.4 is 11.1 Å². The number of H-pyrrole nitrogens is 1. The Hall–Kier alpha value is -1.71. The predicted octanol–water partition coefficient (Wildman–Crippen LogP) is 2.22. The Labute approximate surface area is 101 Å². The fourth-order valence-corrected chi connectivity index (χ4v) is 2.11. The van der Waals surface area contributed by atoms with Crippen LogP contribution >= 0.6 is 0 Å². The van der Waals surface area contributed by atoms with Crippen LogP contribution in [0.1, 0.15) is 42.6 Å². The number of nitrogens with one attached hydrogen (secondary N) is 2. The molecule has 0 aromatic carbocycles. The van der Waals surface area contributed by atoms with Gasteiger partial charge in [0, 0.05) is 18.4 Å². The molecule has 0 aliphatic heterocycles. The second-order valence-corrected chi connectivity index (χ2v) is 4.46. The first kappa shape index (κ1) is 11.8. The fourth-order valence-electron chi connectivity index (χ4n) is 2.11. The number of amides is 1. The molecule has 0 unspecified atom stereocenters. The molecular weight excluding hydrogens is 214 g/mol. The summed E-state index contributed by atoms with van der Waals surface area (Å²) in [4.78, 5) is 14.5. The summed E-state index contributed by atoms with van der Waals surface area (Å²) in [7, 11) is 0. The summed E-state index contributed by atoms with van der Waals surface area (Å²) in [5.41, 5.74) is 8.13. The number of aromatic amines is 1. The molecule has 1 aromatic rings. The van der Waals surface area contributed by atoms with Gasteiger partial charge < -0.3 is 16.0 Å². The molecule has 0 saturated heterocycles. The van der Waals surface area contributed by atoms with Crippen molar-refractivity contribution in [1.82, 2.24) is 10.3 Å². The van der Waals surface area contributed by atoms with Crippen molar-refractivity contribution in [3.63, 3.8) is 0 Å². The number of aromatic nitrogens is 1.